The minimum absolute atomic E-state index is 0.0527. The maximum Gasteiger partial charge on any atom is 0.240 e. The average molecular weight is 250 g/mol. The molecule has 4 heteroatoms. The van der Waals surface area contributed by atoms with E-state index in [0.29, 0.717) is 12.5 Å². The first-order chi connectivity index (χ1) is 8.49. The molecule has 0 saturated heterocycles. The van der Waals surface area contributed by atoms with Crippen molar-refractivity contribution in [3.05, 3.63) is 23.7 Å². The molecule has 1 heterocycles. The summed E-state index contributed by atoms with van der Waals surface area (Å²) in [5.41, 5.74) is 5.52. The minimum atomic E-state index is -0.695. The van der Waals surface area contributed by atoms with Gasteiger partial charge in [0.1, 0.15) is 11.5 Å². The summed E-state index contributed by atoms with van der Waals surface area (Å²) >= 11 is 0. The molecule has 0 bridgehead atoms. The van der Waals surface area contributed by atoms with Crippen LogP contribution in [0.15, 0.2) is 16.5 Å². The van der Waals surface area contributed by atoms with E-state index in [1.165, 1.54) is 6.42 Å². The molecule has 100 valence electrons. The van der Waals surface area contributed by atoms with Crippen molar-refractivity contribution in [3.8, 4) is 0 Å². The number of furan rings is 1. The van der Waals surface area contributed by atoms with Gasteiger partial charge in [0.2, 0.25) is 5.91 Å². The van der Waals surface area contributed by atoms with E-state index < -0.39 is 5.54 Å². The number of hydrogen-bond acceptors (Lipinski definition) is 3. The van der Waals surface area contributed by atoms with Gasteiger partial charge in [-0.1, -0.05) is 19.8 Å². The first kappa shape index (κ1) is 13.1. The van der Waals surface area contributed by atoms with Crippen LogP contribution in [0.1, 0.15) is 44.1 Å². The fourth-order valence-corrected chi connectivity index (χ4v) is 2.72. The van der Waals surface area contributed by atoms with Gasteiger partial charge < -0.3 is 15.5 Å². The van der Waals surface area contributed by atoms with Gasteiger partial charge in [0.15, 0.2) is 0 Å². The third-order valence-corrected chi connectivity index (χ3v) is 3.70. The molecule has 1 fully saturated rings. The van der Waals surface area contributed by atoms with Gasteiger partial charge in [-0.15, -0.1) is 0 Å². The van der Waals surface area contributed by atoms with Gasteiger partial charge in [0.25, 0.3) is 0 Å². The van der Waals surface area contributed by atoms with Gasteiger partial charge in [0.05, 0.1) is 12.1 Å². The van der Waals surface area contributed by atoms with Crippen LogP contribution in [0, 0.1) is 12.8 Å². The first-order valence-corrected chi connectivity index (χ1v) is 6.62. The highest BCUT2D eigenvalue weighted by Crippen LogP contribution is 2.30. The van der Waals surface area contributed by atoms with Crippen LogP contribution in [-0.2, 0) is 11.3 Å². The van der Waals surface area contributed by atoms with E-state index in [4.69, 9.17) is 10.2 Å². The van der Waals surface area contributed by atoms with Crippen LogP contribution in [0.3, 0.4) is 0 Å². The minimum Gasteiger partial charge on any atom is -0.465 e. The molecule has 1 saturated carbocycles. The lowest BCUT2D eigenvalue weighted by molar-refractivity contribution is -0.128. The number of aryl methyl sites for hydroxylation is 1. The molecule has 1 aliphatic rings. The summed E-state index contributed by atoms with van der Waals surface area (Å²) in [5, 5.41) is 2.89. The second-order valence-corrected chi connectivity index (χ2v) is 5.55. The highest BCUT2D eigenvalue weighted by Gasteiger charge is 2.37. The molecule has 0 aromatic carbocycles. The second kappa shape index (κ2) is 5.14. The number of hydrogen-bond donors (Lipinski definition) is 2. The van der Waals surface area contributed by atoms with Crippen LogP contribution in [0.2, 0.25) is 0 Å². The molecule has 0 aliphatic heterocycles. The molecule has 0 spiro atoms. The van der Waals surface area contributed by atoms with E-state index in [1.54, 1.807) is 0 Å². The van der Waals surface area contributed by atoms with Gasteiger partial charge in [0, 0.05) is 0 Å². The topological polar surface area (TPSA) is 68.3 Å². The van der Waals surface area contributed by atoms with Crippen LogP contribution in [-0.4, -0.2) is 11.4 Å². The smallest absolute Gasteiger partial charge is 0.240 e. The summed E-state index contributed by atoms with van der Waals surface area (Å²) in [5.74, 6) is 2.10. The fourth-order valence-electron chi connectivity index (χ4n) is 2.72. The van der Waals surface area contributed by atoms with Gasteiger partial charge in [-0.2, -0.15) is 0 Å². The third-order valence-electron chi connectivity index (χ3n) is 3.70. The summed E-state index contributed by atoms with van der Waals surface area (Å²) < 4.78 is 5.42. The maximum atomic E-state index is 12.2. The Morgan fingerprint density at radius 2 is 2.39 bits per heavy atom. The van der Waals surface area contributed by atoms with Gasteiger partial charge in [-0.3, -0.25) is 4.79 Å². The van der Waals surface area contributed by atoms with E-state index in [-0.39, 0.29) is 5.91 Å². The summed E-state index contributed by atoms with van der Waals surface area (Å²) in [6, 6.07) is 3.77. The summed E-state index contributed by atoms with van der Waals surface area (Å²) in [7, 11) is 0. The highest BCUT2D eigenvalue weighted by molar-refractivity contribution is 5.86. The number of rotatable bonds is 3. The Labute approximate surface area is 108 Å². The predicted molar refractivity (Wildman–Crippen MR) is 69.8 cm³/mol. The Bertz CT molecular complexity index is 427. The molecule has 2 unspecified atom stereocenters. The van der Waals surface area contributed by atoms with E-state index in [9.17, 15) is 4.79 Å². The Kier molecular flexibility index (Phi) is 3.76. The molecule has 1 aliphatic carbocycles. The molecule has 2 rings (SSSR count). The zero-order valence-corrected chi connectivity index (χ0v) is 11.2. The van der Waals surface area contributed by atoms with Crippen LogP contribution < -0.4 is 11.1 Å². The monoisotopic (exact) mass is 250 g/mol. The Morgan fingerprint density at radius 1 is 1.61 bits per heavy atom. The van der Waals surface area contributed by atoms with Gasteiger partial charge >= 0.3 is 0 Å². The first-order valence-electron chi connectivity index (χ1n) is 6.62. The van der Waals surface area contributed by atoms with E-state index in [1.807, 2.05) is 19.1 Å². The molecule has 18 heavy (non-hydrogen) atoms. The van der Waals surface area contributed by atoms with E-state index in [2.05, 4.69) is 12.2 Å². The van der Waals surface area contributed by atoms with E-state index >= 15 is 0 Å². The van der Waals surface area contributed by atoms with Crippen molar-refractivity contribution in [1.29, 1.82) is 0 Å². The third kappa shape index (κ3) is 2.93. The number of carbonyl (C=O) groups excluding carboxylic acids is 1. The summed E-state index contributed by atoms with van der Waals surface area (Å²) in [4.78, 5) is 12.2. The van der Waals surface area contributed by atoms with Crippen molar-refractivity contribution in [2.24, 2.45) is 11.7 Å². The standard InChI is InChI=1S/C14H22N2O2/c1-10-4-3-7-14(15,8-10)13(17)16-9-12-6-5-11(2)18-12/h5-6,10H,3-4,7-9,15H2,1-2H3,(H,16,17). The number of nitrogens with two attached hydrogens (primary N) is 1. The Morgan fingerprint density at radius 3 is 3.00 bits per heavy atom. The van der Waals surface area contributed by atoms with Crippen molar-refractivity contribution in [1.82, 2.24) is 5.32 Å². The molecule has 1 aromatic rings. The lowest BCUT2D eigenvalue weighted by Crippen LogP contribution is -2.56. The lowest BCUT2D eigenvalue weighted by Gasteiger charge is -2.35. The molecular formula is C14H22N2O2. The van der Waals surface area contributed by atoms with Crippen molar-refractivity contribution in [2.75, 3.05) is 0 Å². The molecule has 0 radical (unpaired) electrons. The van der Waals surface area contributed by atoms with Crippen molar-refractivity contribution in [2.45, 2.75) is 51.6 Å². The number of nitrogens with one attached hydrogen (secondary N) is 1. The SMILES string of the molecule is Cc1ccc(CNC(=O)C2(N)CCCC(C)C2)o1. The van der Waals surface area contributed by atoms with Crippen molar-refractivity contribution in [3.63, 3.8) is 0 Å². The quantitative estimate of drug-likeness (QED) is 0.863. The number of amides is 1. The largest absolute Gasteiger partial charge is 0.465 e. The van der Waals surface area contributed by atoms with Crippen LogP contribution in [0.5, 0.6) is 0 Å². The lowest BCUT2D eigenvalue weighted by atomic mass is 9.76. The molecular weight excluding hydrogens is 228 g/mol. The zero-order valence-electron chi connectivity index (χ0n) is 11.2. The van der Waals surface area contributed by atoms with Crippen LogP contribution in [0.4, 0.5) is 0 Å². The van der Waals surface area contributed by atoms with Crippen LogP contribution in [0.25, 0.3) is 0 Å². The Balaban J connectivity index is 1.91. The summed E-state index contributed by atoms with van der Waals surface area (Å²) in [6.45, 7) is 4.46. The molecule has 1 amide bonds. The predicted octanol–water partition coefficient (Wildman–Crippen LogP) is 2.11. The number of carbonyl (C=O) groups is 1. The van der Waals surface area contributed by atoms with Crippen molar-refractivity contribution >= 4 is 5.91 Å². The average Bonchev–Trinajstić information content (AvgIpc) is 2.71. The fraction of sp³-hybridized carbons (Fsp3) is 0.643. The zero-order chi connectivity index (χ0) is 13.2. The van der Waals surface area contributed by atoms with Gasteiger partial charge in [-0.25, -0.2) is 0 Å². The normalized spacial score (nSPS) is 28.1. The molecule has 2 atom stereocenters. The van der Waals surface area contributed by atoms with Crippen LogP contribution >= 0.6 is 0 Å². The molecule has 4 nitrogen and oxygen atoms in total. The highest BCUT2D eigenvalue weighted by atomic mass is 16.3. The van der Waals surface area contributed by atoms with E-state index in [0.717, 1.165) is 30.8 Å². The van der Waals surface area contributed by atoms with Crippen molar-refractivity contribution < 1.29 is 9.21 Å². The molecule has 3 N–H and O–H groups in total. The van der Waals surface area contributed by atoms with Gasteiger partial charge in [-0.05, 0) is 37.8 Å². The Hall–Kier alpha value is -1.29. The summed E-state index contributed by atoms with van der Waals surface area (Å²) in [6.07, 6.45) is 3.75. The molecule has 1 aromatic heterocycles. The maximum absolute atomic E-state index is 12.2. The second-order valence-electron chi connectivity index (χ2n) is 5.55.